The summed E-state index contributed by atoms with van der Waals surface area (Å²) in [6.07, 6.45) is 0.796. The lowest BCUT2D eigenvalue weighted by Crippen LogP contribution is -2.61. The van der Waals surface area contributed by atoms with Crippen molar-refractivity contribution in [1.29, 1.82) is 0 Å². The minimum absolute atomic E-state index is 0.0649. The predicted octanol–water partition coefficient (Wildman–Crippen LogP) is 3.69. The summed E-state index contributed by atoms with van der Waals surface area (Å²) >= 11 is 0. The lowest BCUT2D eigenvalue weighted by Gasteiger charge is -2.62. The normalized spacial score (nSPS) is 30.3. The largest absolute Gasteiger partial charge is 0.496 e. The van der Waals surface area contributed by atoms with Gasteiger partial charge in [0.1, 0.15) is 11.9 Å². The molecule has 3 aliphatic carbocycles. The molecule has 43 heavy (non-hydrogen) atoms. The van der Waals surface area contributed by atoms with E-state index in [4.69, 9.17) is 15.3 Å². The van der Waals surface area contributed by atoms with Gasteiger partial charge in [-0.1, -0.05) is 39.0 Å². The Labute approximate surface area is 253 Å². The molecular formula is C33H45N3O7. The molecule has 0 aromatic heterocycles. The smallest absolute Gasteiger partial charge is 0.335 e. The molecule has 8 atom stereocenters. The molecule has 4 aliphatic rings. The summed E-state index contributed by atoms with van der Waals surface area (Å²) in [6, 6.07) is 9.78. The molecule has 234 valence electrons. The number of nitrogen functional groups attached to an aromatic ring is 1. The van der Waals surface area contributed by atoms with Crippen LogP contribution in [-0.4, -0.2) is 70.3 Å². The van der Waals surface area contributed by atoms with Crippen LogP contribution in [0.25, 0.3) is 11.1 Å². The highest BCUT2D eigenvalue weighted by Gasteiger charge is 2.56. The first-order valence-electron chi connectivity index (χ1n) is 15.2. The predicted molar refractivity (Wildman–Crippen MR) is 162 cm³/mol. The van der Waals surface area contributed by atoms with Gasteiger partial charge >= 0.3 is 5.97 Å². The number of hydroxylamine groups is 2. The fraction of sp³-hybridized carbons (Fsp3) is 0.576. The molecule has 1 amide bonds. The molecule has 3 saturated carbocycles. The van der Waals surface area contributed by atoms with E-state index in [0.29, 0.717) is 45.7 Å². The first kappa shape index (κ1) is 31.3. The summed E-state index contributed by atoms with van der Waals surface area (Å²) < 4.78 is 5.82. The minimum atomic E-state index is -1.09. The lowest BCUT2D eigenvalue weighted by molar-refractivity contribution is -0.180. The first-order chi connectivity index (χ1) is 20.3. The minimum Gasteiger partial charge on any atom is -0.496 e. The summed E-state index contributed by atoms with van der Waals surface area (Å²) in [5.74, 6) is 0.429. The zero-order chi connectivity index (χ0) is 31.2. The molecule has 10 heteroatoms. The third kappa shape index (κ3) is 5.85. The number of methoxy groups -OCH3 is 1. The highest BCUT2D eigenvalue weighted by atomic mass is 16.7. The quantitative estimate of drug-likeness (QED) is 0.259. The molecule has 2 aromatic rings. The monoisotopic (exact) mass is 595 g/mol. The van der Waals surface area contributed by atoms with E-state index in [0.717, 1.165) is 12.0 Å². The second-order valence-electron chi connectivity index (χ2n) is 13.3. The summed E-state index contributed by atoms with van der Waals surface area (Å²) in [5, 5.41) is 35.4. The van der Waals surface area contributed by atoms with Crippen LogP contribution in [0.5, 0.6) is 5.75 Å². The van der Waals surface area contributed by atoms with Gasteiger partial charge < -0.3 is 31.1 Å². The van der Waals surface area contributed by atoms with E-state index < -0.39 is 30.1 Å². The topological polar surface area (TPSA) is 155 Å². The number of para-hydroxylation sites is 1. The van der Waals surface area contributed by atoms with E-state index in [1.807, 2.05) is 18.2 Å². The number of amides is 1. The van der Waals surface area contributed by atoms with Gasteiger partial charge in [0.2, 0.25) is 5.91 Å². The van der Waals surface area contributed by atoms with E-state index in [2.05, 4.69) is 26.1 Å². The van der Waals surface area contributed by atoms with E-state index in [-0.39, 0.29) is 37.1 Å². The van der Waals surface area contributed by atoms with Gasteiger partial charge in [-0.15, -0.1) is 0 Å². The van der Waals surface area contributed by atoms with Crippen LogP contribution in [0.1, 0.15) is 62.9 Å². The fourth-order valence-electron chi connectivity index (χ4n) is 8.01. The maximum absolute atomic E-state index is 13.5. The SMILES string of the molecule is COc1c(CN2O[C@@H](CO)[C@H]([C@H](C)O)[C@H]2CC(=O)N[C@H]2CC3C[C@@H]([C@@H]2C)C3(C)C)cccc1-c1cc(N)cc(C(=O)O)c1. The number of fused-ring (bicyclic) bond motifs is 2. The molecular weight excluding hydrogens is 550 g/mol. The van der Waals surface area contributed by atoms with E-state index >= 15 is 0 Å². The van der Waals surface area contributed by atoms with Crippen molar-refractivity contribution in [3.8, 4) is 16.9 Å². The van der Waals surface area contributed by atoms with Crippen LogP contribution in [0, 0.1) is 29.1 Å². The first-order valence-corrected chi connectivity index (χ1v) is 15.2. The summed E-state index contributed by atoms with van der Waals surface area (Å²) in [4.78, 5) is 31.3. The van der Waals surface area contributed by atoms with Crippen LogP contribution in [-0.2, 0) is 16.2 Å². The molecule has 0 radical (unpaired) electrons. The van der Waals surface area contributed by atoms with Gasteiger partial charge in [0.25, 0.3) is 0 Å². The number of nitrogens with one attached hydrogen (secondary N) is 1. The van der Waals surface area contributed by atoms with Crippen molar-refractivity contribution in [3.63, 3.8) is 0 Å². The van der Waals surface area contributed by atoms with Crippen LogP contribution in [0.4, 0.5) is 5.69 Å². The summed E-state index contributed by atoms with van der Waals surface area (Å²) in [5.41, 5.74) is 8.69. The van der Waals surface area contributed by atoms with Crippen LogP contribution in [0.3, 0.4) is 0 Å². The Bertz CT molecular complexity index is 1360. The molecule has 6 rings (SSSR count). The fourth-order valence-corrected chi connectivity index (χ4v) is 8.01. The Hall–Kier alpha value is -3.18. The molecule has 6 N–H and O–H groups in total. The highest BCUT2D eigenvalue weighted by Crippen LogP contribution is 2.61. The molecule has 1 heterocycles. The summed E-state index contributed by atoms with van der Waals surface area (Å²) in [6.45, 7) is 8.46. The molecule has 1 saturated heterocycles. The number of aliphatic hydroxyl groups excluding tert-OH is 2. The van der Waals surface area contributed by atoms with Gasteiger partial charge in [-0.05, 0) is 66.7 Å². The van der Waals surface area contributed by atoms with Gasteiger partial charge in [0, 0.05) is 35.2 Å². The highest BCUT2D eigenvalue weighted by molar-refractivity contribution is 5.91. The second-order valence-corrected chi connectivity index (χ2v) is 13.3. The standard InChI is InChI=1S/C33H45N3O7/c1-17-25-12-22(33(25,3)4)13-26(17)35-29(39)14-27-30(18(2)38)28(16-37)43-36(27)15-19-7-6-8-24(31(19)42-5)20-9-21(32(40)41)11-23(34)10-20/h6-11,17-18,22,25-28,30,37-38H,12-16,34H2,1-5H3,(H,35,39)(H,40,41)/t17-,18-,22?,25-,26-,27+,28-,30+/m0/s1. The molecule has 2 aromatic carbocycles. The Morgan fingerprint density at radius 3 is 2.58 bits per heavy atom. The van der Waals surface area contributed by atoms with E-state index in [9.17, 15) is 24.9 Å². The number of carboxylic acids is 1. The average molecular weight is 596 g/mol. The lowest BCUT2D eigenvalue weighted by atomic mass is 9.45. The van der Waals surface area contributed by atoms with Crippen molar-refractivity contribution in [3.05, 3.63) is 47.5 Å². The number of rotatable bonds is 10. The second kappa shape index (κ2) is 12.1. The van der Waals surface area contributed by atoms with Crippen molar-refractivity contribution in [2.24, 2.45) is 29.1 Å². The van der Waals surface area contributed by atoms with Gasteiger partial charge in [-0.2, -0.15) is 5.06 Å². The molecule has 1 unspecified atom stereocenters. The maximum Gasteiger partial charge on any atom is 0.335 e. The zero-order valence-electron chi connectivity index (χ0n) is 25.6. The Balaban J connectivity index is 1.39. The maximum atomic E-state index is 13.5. The molecule has 0 spiro atoms. The molecule has 2 bridgehead atoms. The number of hydrogen-bond donors (Lipinski definition) is 5. The third-order valence-corrected chi connectivity index (χ3v) is 10.5. The van der Waals surface area contributed by atoms with Gasteiger partial charge in [0.15, 0.2) is 0 Å². The number of nitrogens with two attached hydrogens (primary N) is 1. The van der Waals surface area contributed by atoms with Gasteiger partial charge in [0.05, 0.1) is 38.0 Å². The van der Waals surface area contributed by atoms with Crippen molar-refractivity contribution in [2.75, 3.05) is 19.5 Å². The Morgan fingerprint density at radius 2 is 1.98 bits per heavy atom. The van der Waals surface area contributed by atoms with Crippen LogP contribution < -0.4 is 15.8 Å². The molecule has 4 fully saturated rings. The number of ether oxygens (including phenoxy) is 1. The van der Waals surface area contributed by atoms with Crippen LogP contribution >= 0.6 is 0 Å². The van der Waals surface area contributed by atoms with Gasteiger partial charge in [-0.25, -0.2) is 4.79 Å². The zero-order valence-corrected chi connectivity index (χ0v) is 25.6. The van der Waals surface area contributed by atoms with Crippen molar-refractivity contribution >= 4 is 17.6 Å². The molecule has 10 nitrogen and oxygen atoms in total. The number of nitrogens with zero attached hydrogens (tertiary/aromatic N) is 1. The number of benzene rings is 2. The number of carbonyl (C=O) groups excluding carboxylic acids is 1. The number of aromatic carboxylic acids is 1. The van der Waals surface area contributed by atoms with Crippen molar-refractivity contribution in [1.82, 2.24) is 10.4 Å². The van der Waals surface area contributed by atoms with E-state index in [1.54, 1.807) is 24.1 Å². The number of aliphatic hydroxyl groups is 2. The van der Waals surface area contributed by atoms with Crippen LogP contribution in [0.2, 0.25) is 0 Å². The Kier molecular flexibility index (Phi) is 8.77. The average Bonchev–Trinajstić information content (AvgIpc) is 3.29. The number of anilines is 1. The van der Waals surface area contributed by atoms with Crippen molar-refractivity contribution < 1.29 is 34.5 Å². The summed E-state index contributed by atoms with van der Waals surface area (Å²) in [7, 11) is 1.54. The number of hydrogen-bond acceptors (Lipinski definition) is 8. The number of carbonyl (C=O) groups is 2. The van der Waals surface area contributed by atoms with Crippen LogP contribution in [0.15, 0.2) is 36.4 Å². The molecule has 1 aliphatic heterocycles. The van der Waals surface area contributed by atoms with E-state index in [1.165, 1.54) is 19.6 Å². The number of carboxylic acid groups (broad SMARTS) is 1. The Morgan fingerprint density at radius 1 is 1.23 bits per heavy atom. The third-order valence-electron chi connectivity index (χ3n) is 10.5. The van der Waals surface area contributed by atoms with Gasteiger partial charge in [-0.3, -0.25) is 9.63 Å². The van der Waals surface area contributed by atoms with Crippen molar-refractivity contribution in [2.45, 2.75) is 77.8 Å².